The van der Waals surface area contributed by atoms with E-state index >= 15 is 0 Å². The van der Waals surface area contributed by atoms with Gasteiger partial charge in [0.2, 0.25) is 15.9 Å². The molecule has 1 saturated heterocycles. The number of aryl methyl sites for hydroxylation is 1. The summed E-state index contributed by atoms with van der Waals surface area (Å²) in [6.45, 7) is 0.954. The lowest BCUT2D eigenvalue weighted by molar-refractivity contribution is -0.116. The second kappa shape index (κ2) is 8.20. The van der Waals surface area contributed by atoms with Gasteiger partial charge >= 0.3 is 5.97 Å². The summed E-state index contributed by atoms with van der Waals surface area (Å²) in [5.41, 5.74) is 3.12. The van der Waals surface area contributed by atoms with Gasteiger partial charge in [-0.2, -0.15) is 4.31 Å². The van der Waals surface area contributed by atoms with E-state index < -0.39 is 10.0 Å². The van der Waals surface area contributed by atoms with Crippen molar-refractivity contribution >= 4 is 27.6 Å². The molecule has 1 unspecified atom stereocenters. The standard InChI is InChI=1S/C22H24N2O5S/c1-29-22(26)17-4-2-15(3-5-17)12-16-10-11-24(14-16)30(27,28)19-7-8-20-18(13-19)6-9-21(25)23-20/h2-5,7-8,13,16H,6,9-12,14H2,1H3,(H,23,25). The smallest absolute Gasteiger partial charge is 0.337 e. The van der Waals surface area contributed by atoms with Crippen molar-refractivity contribution in [2.45, 2.75) is 30.6 Å². The van der Waals surface area contributed by atoms with E-state index in [1.54, 1.807) is 34.6 Å². The summed E-state index contributed by atoms with van der Waals surface area (Å²) in [6, 6.07) is 12.2. The number of anilines is 1. The molecule has 2 aromatic carbocycles. The third-order valence-corrected chi connectivity index (χ3v) is 7.62. The van der Waals surface area contributed by atoms with Crippen LogP contribution in [0.3, 0.4) is 0 Å². The Hall–Kier alpha value is -2.71. The fourth-order valence-corrected chi connectivity index (χ4v) is 5.66. The van der Waals surface area contributed by atoms with E-state index in [1.165, 1.54) is 7.11 Å². The maximum atomic E-state index is 13.1. The van der Waals surface area contributed by atoms with E-state index in [9.17, 15) is 18.0 Å². The summed E-state index contributed by atoms with van der Waals surface area (Å²) in [5, 5.41) is 2.78. The molecule has 4 rings (SSSR count). The van der Waals surface area contributed by atoms with E-state index in [0.29, 0.717) is 37.2 Å². The predicted molar refractivity (Wildman–Crippen MR) is 112 cm³/mol. The van der Waals surface area contributed by atoms with Crippen LogP contribution in [0.25, 0.3) is 0 Å². The number of esters is 1. The van der Waals surface area contributed by atoms with Gasteiger partial charge in [0, 0.05) is 25.2 Å². The molecule has 1 N–H and O–H groups in total. The molecule has 1 fully saturated rings. The lowest BCUT2D eigenvalue weighted by Gasteiger charge is -2.20. The molecule has 0 aliphatic carbocycles. The molecule has 2 aliphatic rings. The third-order valence-electron chi connectivity index (χ3n) is 5.76. The zero-order valence-electron chi connectivity index (χ0n) is 16.8. The fraction of sp³-hybridized carbons (Fsp3) is 0.364. The molecule has 0 spiro atoms. The highest BCUT2D eigenvalue weighted by atomic mass is 32.2. The van der Waals surface area contributed by atoms with Crippen molar-refractivity contribution in [2.75, 3.05) is 25.5 Å². The second-order valence-electron chi connectivity index (χ2n) is 7.78. The first-order valence-electron chi connectivity index (χ1n) is 9.97. The third kappa shape index (κ3) is 4.11. The van der Waals surface area contributed by atoms with E-state index in [2.05, 4.69) is 5.32 Å². The Kier molecular flexibility index (Phi) is 5.62. The number of carbonyl (C=O) groups excluding carboxylic acids is 2. The molecule has 0 radical (unpaired) electrons. The van der Waals surface area contributed by atoms with E-state index in [1.807, 2.05) is 12.1 Å². The van der Waals surface area contributed by atoms with Crippen LogP contribution >= 0.6 is 0 Å². The Labute approximate surface area is 176 Å². The fourth-order valence-electron chi connectivity index (χ4n) is 4.08. The molecule has 0 aromatic heterocycles. The van der Waals surface area contributed by atoms with Gasteiger partial charge in [0.05, 0.1) is 17.6 Å². The number of amides is 1. The molecule has 158 valence electrons. The zero-order chi connectivity index (χ0) is 21.3. The van der Waals surface area contributed by atoms with Crippen LogP contribution in [0, 0.1) is 5.92 Å². The molecule has 2 aromatic rings. The molecule has 30 heavy (non-hydrogen) atoms. The summed E-state index contributed by atoms with van der Waals surface area (Å²) >= 11 is 0. The van der Waals surface area contributed by atoms with Crippen molar-refractivity contribution in [1.29, 1.82) is 0 Å². The van der Waals surface area contributed by atoms with Gasteiger partial charge in [0.1, 0.15) is 0 Å². The van der Waals surface area contributed by atoms with Crippen molar-refractivity contribution < 1.29 is 22.7 Å². The van der Waals surface area contributed by atoms with Crippen LogP contribution in [0.5, 0.6) is 0 Å². The number of sulfonamides is 1. The molecule has 0 bridgehead atoms. The van der Waals surface area contributed by atoms with Crippen LogP contribution in [0.1, 0.15) is 34.3 Å². The quantitative estimate of drug-likeness (QED) is 0.739. The van der Waals surface area contributed by atoms with Crippen LogP contribution in [0.15, 0.2) is 47.4 Å². The number of hydrogen-bond acceptors (Lipinski definition) is 5. The Morgan fingerprint density at radius 2 is 1.93 bits per heavy atom. The summed E-state index contributed by atoms with van der Waals surface area (Å²) in [6.07, 6.45) is 2.47. The molecular formula is C22H24N2O5S. The topological polar surface area (TPSA) is 92.8 Å². The number of carbonyl (C=O) groups is 2. The Morgan fingerprint density at radius 3 is 2.67 bits per heavy atom. The number of hydrogen-bond donors (Lipinski definition) is 1. The van der Waals surface area contributed by atoms with Gasteiger partial charge in [-0.1, -0.05) is 12.1 Å². The predicted octanol–water partition coefficient (Wildman–Crippen LogP) is 2.61. The minimum Gasteiger partial charge on any atom is -0.465 e. The first-order chi connectivity index (χ1) is 14.4. The molecule has 1 amide bonds. The summed E-state index contributed by atoms with van der Waals surface area (Å²) < 4.78 is 32.5. The van der Waals surface area contributed by atoms with Crippen molar-refractivity contribution in [2.24, 2.45) is 5.92 Å². The minimum atomic E-state index is -3.57. The van der Waals surface area contributed by atoms with E-state index in [-0.39, 0.29) is 22.7 Å². The highest BCUT2D eigenvalue weighted by molar-refractivity contribution is 7.89. The summed E-state index contributed by atoms with van der Waals surface area (Å²) in [5.74, 6) is -0.190. The maximum absolute atomic E-state index is 13.1. The van der Waals surface area contributed by atoms with Crippen molar-refractivity contribution in [3.8, 4) is 0 Å². The lowest BCUT2D eigenvalue weighted by atomic mass is 9.98. The molecule has 2 aliphatic heterocycles. The van der Waals surface area contributed by atoms with Crippen molar-refractivity contribution in [3.05, 3.63) is 59.2 Å². The van der Waals surface area contributed by atoms with Gasteiger partial charge in [0.25, 0.3) is 0 Å². The lowest BCUT2D eigenvalue weighted by Crippen LogP contribution is -2.29. The van der Waals surface area contributed by atoms with Gasteiger partial charge in [-0.25, -0.2) is 13.2 Å². The minimum absolute atomic E-state index is 0.0416. The Morgan fingerprint density at radius 1 is 1.17 bits per heavy atom. The molecule has 1 atom stereocenters. The first-order valence-corrected chi connectivity index (χ1v) is 11.4. The molecule has 2 heterocycles. The highest BCUT2D eigenvalue weighted by Gasteiger charge is 2.33. The largest absolute Gasteiger partial charge is 0.465 e. The van der Waals surface area contributed by atoms with E-state index in [4.69, 9.17) is 4.74 Å². The SMILES string of the molecule is COC(=O)c1ccc(CC2CCN(S(=O)(=O)c3ccc4c(c3)CCC(=O)N4)C2)cc1. The highest BCUT2D eigenvalue weighted by Crippen LogP contribution is 2.30. The van der Waals surface area contributed by atoms with Crippen molar-refractivity contribution in [1.82, 2.24) is 4.31 Å². The Bertz CT molecular complexity index is 1080. The van der Waals surface area contributed by atoms with Gasteiger partial charge in [-0.15, -0.1) is 0 Å². The normalized spacial score (nSPS) is 19.2. The van der Waals surface area contributed by atoms with Gasteiger partial charge in [-0.3, -0.25) is 4.79 Å². The van der Waals surface area contributed by atoms with Crippen LogP contribution in [-0.4, -0.2) is 44.8 Å². The zero-order valence-corrected chi connectivity index (χ0v) is 17.6. The average Bonchev–Trinajstić information content (AvgIpc) is 3.22. The number of nitrogens with one attached hydrogen (secondary N) is 1. The van der Waals surface area contributed by atoms with Crippen molar-refractivity contribution in [3.63, 3.8) is 0 Å². The second-order valence-corrected chi connectivity index (χ2v) is 9.72. The number of benzene rings is 2. The molecule has 0 saturated carbocycles. The average molecular weight is 429 g/mol. The van der Waals surface area contributed by atoms with Crippen LogP contribution in [-0.2, 0) is 32.4 Å². The number of fused-ring (bicyclic) bond motifs is 1. The van der Waals surface area contributed by atoms with Gasteiger partial charge < -0.3 is 10.1 Å². The van der Waals surface area contributed by atoms with Gasteiger partial charge in [-0.05, 0) is 66.6 Å². The monoisotopic (exact) mass is 428 g/mol. The molecular weight excluding hydrogens is 404 g/mol. The van der Waals surface area contributed by atoms with Crippen LogP contribution in [0.2, 0.25) is 0 Å². The molecule has 7 nitrogen and oxygen atoms in total. The first kappa shape index (κ1) is 20.6. The summed E-state index contributed by atoms with van der Waals surface area (Å²) in [4.78, 5) is 23.3. The maximum Gasteiger partial charge on any atom is 0.337 e. The molecule has 8 heteroatoms. The van der Waals surface area contributed by atoms with Crippen LogP contribution < -0.4 is 5.32 Å². The van der Waals surface area contributed by atoms with E-state index in [0.717, 1.165) is 24.0 Å². The Balaban J connectivity index is 1.43. The number of ether oxygens (including phenoxy) is 1. The van der Waals surface area contributed by atoms with Gasteiger partial charge in [0.15, 0.2) is 0 Å². The summed E-state index contributed by atoms with van der Waals surface area (Å²) in [7, 11) is -2.22. The number of methoxy groups -OCH3 is 1. The van der Waals surface area contributed by atoms with Crippen LogP contribution in [0.4, 0.5) is 5.69 Å². The number of nitrogens with zero attached hydrogens (tertiary/aromatic N) is 1. The number of rotatable bonds is 5.